The van der Waals surface area contributed by atoms with Crippen molar-refractivity contribution in [3.8, 4) is 0 Å². The molecule has 0 saturated heterocycles. The number of hydrogen-bond acceptors (Lipinski definition) is 5. The fraction of sp³-hybridized carbons (Fsp3) is 0.562. The Balaban J connectivity index is 2.41. The highest BCUT2D eigenvalue weighted by Crippen LogP contribution is 2.15. The van der Waals surface area contributed by atoms with Crippen molar-refractivity contribution in [1.29, 1.82) is 0 Å². The number of anilines is 1. The van der Waals surface area contributed by atoms with Crippen molar-refractivity contribution < 1.29 is 4.79 Å². The van der Waals surface area contributed by atoms with E-state index in [-0.39, 0.29) is 17.7 Å². The molecule has 0 radical (unpaired) electrons. The lowest BCUT2D eigenvalue weighted by molar-refractivity contribution is -0.121. The molecule has 0 heterocycles. The van der Waals surface area contributed by atoms with Crippen LogP contribution in [0.2, 0.25) is 0 Å². The second kappa shape index (κ2) is 8.73. The molecule has 1 aromatic carbocycles. The van der Waals surface area contributed by atoms with E-state index in [0.717, 1.165) is 24.1 Å². The van der Waals surface area contributed by atoms with Gasteiger partial charge in [0.2, 0.25) is 5.91 Å². The van der Waals surface area contributed by atoms with Gasteiger partial charge in [0.25, 0.3) is 0 Å². The maximum absolute atomic E-state index is 12.0. The summed E-state index contributed by atoms with van der Waals surface area (Å²) in [5.74, 6) is -0.274. The zero-order valence-corrected chi connectivity index (χ0v) is 14.0. The van der Waals surface area contributed by atoms with Crippen LogP contribution in [0.4, 0.5) is 5.69 Å². The van der Waals surface area contributed by atoms with E-state index in [1.165, 1.54) is 0 Å². The molecule has 1 atom stereocenters. The molecule has 0 fully saturated rings. The standard InChI is InChI=1S/C16H29N5O/c1-12(13-7-9-14(17)10-8-13)21-15(22)6-5-11-16(18-2,19-3)20-4/h7-10,12,18-20H,5-6,11,17H2,1-4H3,(H,21,22). The van der Waals surface area contributed by atoms with Crippen molar-refractivity contribution in [2.75, 3.05) is 26.9 Å². The van der Waals surface area contributed by atoms with Crippen molar-refractivity contribution in [2.24, 2.45) is 0 Å². The first-order valence-corrected chi connectivity index (χ1v) is 7.68. The van der Waals surface area contributed by atoms with Crippen molar-refractivity contribution in [3.63, 3.8) is 0 Å². The van der Waals surface area contributed by atoms with E-state index in [9.17, 15) is 4.79 Å². The van der Waals surface area contributed by atoms with Crippen LogP contribution in [0, 0.1) is 0 Å². The average molecular weight is 307 g/mol. The summed E-state index contributed by atoms with van der Waals surface area (Å²) in [6, 6.07) is 7.55. The third-order valence-corrected chi connectivity index (χ3v) is 4.05. The zero-order chi connectivity index (χ0) is 16.6. The maximum Gasteiger partial charge on any atom is 0.220 e. The number of nitrogens with one attached hydrogen (secondary N) is 4. The van der Waals surface area contributed by atoms with E-state index < -0.39 is 0 Å². The molecular weight excluding hydrogens is 278 g/mol. The molecule has 1 unspecified atom stereocenters. The number of carbonyl (C=O) groups excluding carboxylic acids is 1. The molecule has 0 aromatic heterocycles. The summed E-state index contributed by atoms with van der Waals surface area (Å²) in [7, 11) is 5.66. The highest BCUT2D eigenvalue weighted by Gasteiger charge is 2.23. The molecule has 0 saturated carbocycles. The minimum absolute atomic E-state index is 0.0178. The number of benzene rings is 1. The highest BCUT2D eigenvalue weighted by atomic mass is 16.1. The largest absolute Gasteiger partial charge is 0.399 e. The third kappa shape index (κ3) is 5.29. The summed E-state index contributed by atoms with van der Waals surface area (Å²) in [5.41, 5.74) is 7.45. The molecule has 6 N–H and O–H groups in total. The van der Waals surface area contributed by atoms with E-state index in [1.807, 2.05) is 52.3 Å². The Hall–Kier alpha value is -1.63. The number of amides is 1. The minimum Gasteiger partial charge on any atom is -0.399 e. The lowest BCUT2D eigenvalue weighted by Crippen LogP contribution is -2.63. The fourth-order valence-electron chi connectivity index (χ4n) is 2.45. The van der Waals surface area contributed by atoms with Crippen molar-refractivity contribution in [3.05, 3.63) is 29.8 Å². The molecule has 0 aliphatic heterocycles. The molecule has 0 aliphatic rings. The average Bonchev–Trinajstić information content (AvgIpc) is 2.52. The first kappa shape index (κ1) is 18.4. The fourth-order valence-corrected chi connectivity index (χ4v) is 2.45. The van der Waals surface area contributed by atoms with Crippen molar-refractivity contribution in [1.82, 2.24) is 21.3 Å². The first-order chi connectivity index (χ1) is 10.5. The van der Waals surface area contributed by atoms with Gasteiger partial charge in [-0.15, -0.1) is 0 Å². The predicted molar refractivity (Wildman–Crippen MR) is 91.2 cm³/mol. The van der Waals surface area contributed by atoms with Gasteiger partial charge in [-0.05, 0) is 58.6 Å². The molecule has 1 aromatic rings. The molecule has 6 heteroatoms. The van der Waals surface area contributed by atoms with Crippen LogP contribution in [-0.4, -0.2) is 32.8 Å². The number of rotatable bonds is 9. The minimum atomic E-state index is -0.331. The lowest BCUT2D eigenvalue weighted by atomic mass is 10.1. The molecule has 0 spiro atoms. The van der Waals surface area contributed by atoms with Gasteiger partial charge in [0.1, 0.15) is 5.79 Å². The second-order valence-electron chi connectivity index (χ2n) is 5.46. The van der Waals surface area contributed by atoms with Crippen LogP contribution < -0.4 is 27.0 Å². The van der Waals surface area contributed by atoms with Crippen LogP contribution in [0.1, 0.15) is 37.8 Å². The van der Waals surface area contributed by atoms with E-state index >= 15 is 0 Å². The first-order valence-electron chi connectivity index (χ1n) is 7.68. The molecule has 22 heavy (non-hydrogen) atoms. The molecule has 1 amide bonds. The number of hydrogen-bond donors (Lipinski definition) is 5. The van der Waals surface area contributed by atoms with Gasteiger partial charge in [0.15, 0.2) is 0 Å². The molecule has 0 bridgehead atoms. The van der Waals surface area contributed by atoms with E-state index in [2.05, 4.69) is 21.3 Å². The second-order valence-corrected chi connectivity index (χ2v) is 5.46. The monoisotopic (exact) mass is 307 g/mol. The molecule has 0 aliphatic carbocycles. The van der Waals surface area contributed by atoms with E-state index in [0.29, 0.717) is 6.42 Å². The SMILES string of the molecule is CNC(CCCC(=O)NC(C)c1ccc(N)cc1)(NC)NC. The molecule has 124 valence electrons. The van der Waals surface area contributed by atoms with Gasteiger partial charge in [-0.2, -0.15) is 0 Å². The van der Waals surface area contributed by atoms with Gasteiger partial charge in [-0.3, -0.25) is 20.7 Å². The van der Waals surface area contributed by atoms with Crippen LogP contribution in [0.3, 0.4) is 0 Å². The Bertz CT molecular complexity index is 448. The summed E-state index contributed by atoms with van der Waals surface area (Å²) < 4.78 is 0. The maximum atomic E-state index is 12.0. The van der Waals surface area contributed by atoms with Crippen LogP contribution in [-0.2, 0) is 4.79 Å². The summed E-state index contributed by atoms with van der Waals surface area (Å²) in [6.07, 6.45) is 2.08. The van der Waals surface area contributed by atoms with Gasteiger partial charge >= 0.3 is 0 Å². The Morgan fingerprint density at radius 3 is 2.18 bits per heavy atom. The Labute approximate surface area is 133 Å². The quantitative estimate of drug-likeness (QED) is 0.346. The van der Waals surface area contributed by atoms with Crippen molar-refractivity contribution >= 4 is 11.6 Å². The van der Waals surface area contributed by atoms with Gasteiger partial charge in [0.05, 0.1) is 6.04 Å². The zero-order valence-electron chi connectivity index (χ0n) is 14.0. The Morgan fingerprint density at radius 1 is 1.14 bits per heavy atom. The van der Waals surface area contributed by atoms with Crippen LogP contribution in [0.5, 0.6) is 0 Å². The summed E-state index contributed by atoms with van der Waals surface area (Å²) in [4.78, 5) is 12.0. The highest BCUT2D eigenvalue weighted by molar-refractivity contribution is 5.76. The van der Waals surface area contributed by atoms with Crippen LogP contribution in [0.15, 0.2) is 24.3 Å². The lowest BCUT2D eigenvalue weighted by Gasteiger charge is -2.33. The summed E-state index contributed by atoms with van der Waals surface area (Å²) in [6.45, 7) is 1.97. The van der Waals surface area contributed by atoms with Crippen molar-refractivity contribution in [2.45, 2.75) is 38.0 Å². The number of carbonyl (C=O) groups is 1. The third-order valence-electron chi connectivity index (χ3n) is 4.05. The number of nitrogens with two attached hydrogens (primary N) is 1. The van der Waals surface area contributed by atoms with E-state index in [1.54, 1.807) is 0 Å². The molecular formula is C16H29N5O. The normalized spacial score (nSPS) is 12.9. The predicted octanol–water partition coefficient (Wildman–Crippen LogP) is 0.928. The van der Waals surface area contributed by atoms with Gasteiger partial charge in [-0.1, -0.05) is 12.1 Å². The van der Waals surface area contributed by atoms with Gasteiger partial charge < -0.3 is 11.1 Å². The smallest absolute Gasteiger partial charge is 0.220 e. The van der Waals surface area contributed by atoms with E-state index in [4.69, 9.17) is 5.73 Å². The van der Waals surface area contributed by atoms with Gasteiger partial charge in [0, 0.05) is 12.1 Å². The van der Waals surface area contributed by atoms with Crippen LogP contribution in [0.25, 0.3) is 0 Å². The molecule has 1 rings (SSSR count). The van der Waals surface area contributed by atoms with Crippen LogP contribution >= 0.6 is 0 Å². The Morgan fingerprint density at radius 2 is 1.68 bits per heavy atom. The number of nitrogen functional groups attached to an aromatic ring is 1. The molecule has 6 nitrogen and oxygen atoms in total. The summed E-state index contributed by atoms with van der Waals surface area (Å²) in [5, 5.41) is 12.6. The Kier molecular flexibility index (Phi) is 7.31. The van der Waals surface area contributed by atoms with Gasteiger partial charge in [-0.25, -0.2) is 0 Å². The topological polar surface area (TPSA) is 91.2 Å². The summed E-state index contributed by atoms with van der Waals surface area (Å²) >= 11 is 0.